The third-order valence-corrected chi connectivity index (χ3v) is 9.06. The summed E-state index contributed by atoms with van der Waals surface area (Å²) in [4.78, 5) is 25.2. The van der Waals surface area contributed by atoms with Crippen LogP contribution in [0.1, 0.15) is 109 Å². The number of carbonyl (C=O) groups is 2. The summed E-state index contributed by atoms with van der Waals surface area (Å²) in [6.45, 7) is 5.00. The normalized spacial score (nSPS) is 29.6. The maximum Gasteiger partial charge on any atom is 0.156 e. The number of fused-ring (bicyclic) bond motifs is 4. The van der Waals surface area contributed by atoms with Crippen LogP contribution < -0.4 is 0 Å². The van der Waals surface area contributed by atoms with Gasteiger partial charge in [-0.2, -0.15) is 0 Å². The molecule has 2 saturated carbocycles. The molecule has 1 N–H and O–H groups in total. The molecule has 3 heteroatoms. The van der Waals surface area contributed by atoms with Crippen LogP contribution in [0.3, 0.4) is 0 Å². The summed E-state index contributed by atoms with van der Waals surface area (Å²) < 4.78 is 0. The maximum absolute atomic E-state index is 13.3. The van der Waals surface area contributed by atoms with Gasteiger partial charge in [-0.1, -0.05) is 82.7 Å². The van der Waals surface area contributed by atoms with Crippen LogP contribution in [0, 0.1) is 17.3 Å². The fourth-order valence-corrected chi connectivity index (χ4v) is 7.31. The van der Waals surface area contributed by atoms with Crippen molar-refractivity contribution in [2.75, 3.05) is 6.61 Å². The molecule has 0 unspecified atom stereocenters. The van der Waals surface area contributed by atoms with Crippen molar-refractivity contribution in [3.63, 3.8) is 0 Å². The molecule has 1 aromatic carbocycles. The minimum absolute atomic E-state index is 0.0850. The molecule has 0 bridgehead atoms. The second kappa shape index (κ2) is 11.8. The van der Waals surface area contributed by atoms with E-state index in [1.807, 2.05) is 0 Å². The number of aliphatic hydroxyl groups is 1. The molecule has 4 aliphatic carbocycles. The summed E-state index contributed by atoms with van der Waals surface area (Å²) in [7, 11) is 0. The molecule has 1 aromatic rings. The van der Waals surface area contributed by atoms with Gasteiger partial charge in [0.1, 0.15) is 5.78 Å². The van der Waals surface area contributed by atoms with Gasteiger partial charge in [0.15, 0.2) is 5.78 Å². The highest BCUT2D eigenvalue weighted by atomic mass is 16.2. The van der Waals surface area contributed by atoms with Crippen LogP contribution in [0.4, 0.5) is 0 Å². The molecule has 2 fully saturated rings. The number of hydrogen-bond donors (Lipinski definition) is 1. The molecule has 5 rings (SSSR count). The summed E-state index contributed by atoms with van der Waals surface area (Å²) in [5.74, 6) is 1.46. The third kappa shape index (κ3) is 5.71. The number of benzene rings is 1. The first kappa shape index (κ1) is 26.1. The number of allylic oxidation sites excluding steroid dienone is 4. The minimum Gasteiger partial charge on any atom is -0.396 e. The van der Waals surface area contributed by atoms with Crippen LogP contribution in [0.25, 0.3) is 0 Å². The van der Waals surface area contributed by atoms with Crippen molar-refractivity contribution in [2.45, 2.75) is 103 Å². The lowest BCUT2D eigenvalue weighted by Crippen LogP contribution is -2.44. The molecule has 0 spiro atoms. The summed E-state index contributed by atoms with van der Waals surface area (Å²) in [6, 6.07) is 10.8. The van der Waals surface area contributed by atoms with Gasteiger partial charge >= 0.3 is 0 Å². The van der Waals surface area contributed by atoms with E-state index in [9.17, 15) is 9.59 Å². The summed E-state index contributed by atoms with van der Waals surface area (Å²) >= 11 is 0. The average Bonchev–Trinajstić information content (AvgIpc) is 3.25. The van der Waals surface area contributed by atoms with Crippen LogP contribution in [-0.2, 0) is 9.59 Å². The Morgan fingerprint density at radius 1 is 1.00 bits per heavy atom. The van der Waals surface area contributed by atoms with Crippen molar-refractivity contribution < 1.29 is 14.7 Å². The Bertz CT molecular complexity index is 950. The lowest BCUT2D eigenvalue weighted by Gasteiger charge is -2.50. The second-order valence-electron chi connectivity index (χ2n) is 11.5. The fourth-order valence-electron chi connectivity index (χ4n) is 7.31. The highest BCUT2D eigenvalue weighted by Crippen LogP contribution is 2.63. The highest BCUT2D eigenvalue weighted by Gasteiger charge is 2.55. The fraction of sp³-hybridized carbons (Fsp3) is 0.625. The predicted molar refractivity (Wildman–Crippen MR) is 142 cm³/mol. The largest absolute Gasteiger partial charge is 0.396 e. The lowest BCUT2D eigenvalue weighted by molar-refractivity contribution is -0.125. The van der Waals surface area contributed by atoms with E-state index >= 15 is 0 Å². The van der Waals surface area contributed by atoms with Crippen LogP contribution in [0.5, 0.6) is 0 Å². The van der Waals surface area contributed by atoms with Crippen molar-refractivity contribution in [1.29, 1.82) is 0 Å². The maximum atomic E-state index is 13.3. The molecule has 0 radical (unpaired) electrons. The van der Waals surface area contributed by atoms with Crippen molar-refractivity contribution in [2.24, 2.45) is 17.3 Å². The Hall–Kier alpha value is -2.00. The molecule has 0 amide bonds. The molecule has 0 heterocycles. The Labute approximate surface area is 212 Å². The number of unbranched alkanes of at least 4 members (excludes halogenated alkanes) is 5. The van der Waals surface area contributed by atoms with Gasteiger partial charge in [-0.3, -0.25) is 9.59 Å². The van der Waals surface area contributed by atoms with Gasteiger partial charge in [0, 0.05) is 31.3 Å². The number of Topliss-reactive ketones (excluding diaryl/α,β-unsaturated/α-hetero) is 1. The lowest BCUT2D eigenvalue weighted by atomic mass is 9.53. The summed E-state index contributed by atoms with van der Waals surface area (Å²) in [6.07, 6.45) is 16.0. The number of hydrogen-bond acceptors (Lipinski definition) is 3. The molecular weight excluding hydrogens is 432 g/mol. The van der Waals surface area contributed by atoms with E-state index in [0.29, 0.717) is 37.1 Å². The average molecular weight is 477 g/mol. The van der Waals surface area contributed by atoms with Crippen LogP contribution in [0.2, 0.25) is 0 Å². The van der Waals surface area contributed by atoms with Crippen LogP contribution >= 0.6 is 0 Å². The number of rotatable bonds is 7. The van der Waals surface area contributed by atoms with Gasteiger partial charge < -0.3 is 5.11 Å². The first-order valence-corrected chi connectivity index (χ1v) is 14.1. The van der Waals surface area contributed by atoms with E-state index in [2.05, 4.69) is 44.2 Å². The van der Waals surface area contributed by atoms with Crippen LogP contribution in [-0.4, -0.2) is 23.3 Å². The van der Waals surface area contributed by atoms with Gasteiger partial charge in [0.05, 0.1) is 0 Å². The van der Waals surface area contributed by atoms with E-state index < -0.39 is 0 Å². The quantitative estimate of drug-likeness (QED) is 0.415. The molecule has 0 aromatic heterocycles. The van der Waals surface area contributed by atoms with Crippen molar-refractivity contribution >= 4 is 11.6 Å². The first-order chi connectivity index (χ1) is 17.0. The minimum atomic E-state index is 0.0850. The summed E-state index contributed by atoms with van der Waals surface area (Å²) in [5, 5.41) is 8.42. The number of ketones is 2. The molecule has 0 saturated heterocycles. The van der Waals surface area contributed by atoms with E-state index in [1.54, 1.807) is 6.08 Å². The zero-order valence-electron chi connectivity index (χ0n) is 21.9. The standard InChI is InChI=1S/C24H26O2.C8H18O/c1-24-11-5-8-20(24)23-21(26)13-16-12-17(25)9-10-18(16)22(23)19(14-24)15-6-3-2-4-7-15;1-2-3-4-5-6-7-8-9/h2-4,6-7,12,19-20,23H,5,8-11,13-14H2,1H3;9H,2-8H2,1H3/t19-,20+,23-,24+;/m1./s1. The molecule has 4 atom stereocenters. The van der Waals surface area contributed by atoms with Gasteiger partial charge in [0.2, 0.25) is 0 Å². The number of carbonyl (C=O) groups excluding carboxylic acids is 2. The summed E-state index contributed by atoms with van der Waals surface area (Å²) in [5.41, 5.74) is 5.39. The molecule has 4 aliphatic rings. The Balaban J connectivity index is 0.000000277. The smallest absolute Gasteiger partial charge is 0.156 e. The van der Waals surface area contributed by atoms with E-state index in [0.717, 1.165) is 24.8 Å². The predicted octanol–water partition coefficient (Wildman–Crippen LogP) is 7.49. The van der Waals surface area contributed by atoms with Crippen LogP contribution in [0.15, 0.2) is 53.1 Å². The zero-order valence-corrected chi connectivity index (χ0v) is 21.9. The molecule has 3 nitrogen and oxygen atoms in total. The molecule has 0 aliphatic heterocycles. The topological polar surface area (TPSA) is 54.4 Å². The first-order valence-electron chi connectivity index (χ1n) is 14.1. The van der Waals surface area contributed by atoms with Gasteiger partial charge in [-0.15, -0.1) is 0 Å². The van der Waals surface area contributed by atoms with Crippen molar-refractivity contribution in [3.8, 4) is 0 Å². The van der Waals surface area contributed by atoms with Gasteiger partial charge in [0.25, 0.3) is 0 Å². The molecule has 35 heavy (non-hydrogen) atoms. The Kier molecular flexibility index (Phi) is 8.81. The SMILES string of the molecule is CCCCCCCCO.C[C@@]12CCC[C@H]1[C@@H]1C(=O)CC3=CC(=O)CCC3=C1[C@@H](c1ccccc1)C2. The van der Waals surface area contributed by atoms with Crippen molar-refractivity contribution in [3.05, 3.63) is 58.7 Å². The van der Waals surface area contributed by atoms with E-state index in [1.165, 1.54) is 68.1 Å². The Morgan fingerprint density at radius 3 is 2.49 bits per heavy atom. The zero-order chi connectivity index (χ0) is 24.8. The van der Waals surface area contributed by atoms with E-state index in [4.69, 9.17) is 5.11 Å². The van der Waals surface area contributed by atoms with Gasteiger partial charge in [-0.05, 0) is 71.8 Å². The van der Waals surface area contributed by atoms with E-state index in [-0.39, 0.29) is 17.1 Å². The van der Waals surface area contributed by atoms with Gasteiger partial charge in [-0.25, -0.2) is 0 Å². The monoisotopic (exact) mass is 476 g/mol. The highest BCUT2D eigenvalue weighted by molar-refractivity contribution is 5.98. The number of aliphatic hydroxyl groups excluding tert-OH is 1. The third-order valence-electron chi connectivity index (χ3n) is 9.06. The Morgan fingerprint density at radius 2 is 1.74 bits per heavy atom. The molecule has 190 valence electrons. The van der Waals surface area contributed by atoms with Crippen molar-refractivity contribution in [1.82, 2.24) is 0 Å². The molecular formula is C32H44O3. The second-order valence-corrected chi connectivity index (χ2v) is 11.5.